The highest BCUT2D eigenvalue weighted by Crippen LogP contribution is 2.50. The molecule has 1 aromatic carbocycles. The van der Waals surface area contributed by atoms with E-state index in [1.807, 2.05) is 0 Å². The summed E-state index contributed by atoms with van der Waals surface area (Å²) in [4.78, 5) is 15.5. The molecule has 9 heteroatoms. The van der Waals surface area contributed by atoms with Crippen LogP contribution in [0.5, 0.6) is 6.01 Å². The number of rotatable bonds is 5. The average molecular weight is 467 g/mol. The van der Waals surface area contributed by atoms with Crippen LogP contribution in [0, 0.1) is 17.0 Å². The molecule has 1 aliphatic heterocycles. The fourth-order valence-corrected chi connectivity index (χ4v) is 5.21. The van der Waals surface area contributed by atoms with E-state index < -0.39 is 11.6 Å². The SMILES string of the molecule is CNc1cc(F)c(F)c2c1Cc1ncc(-c3cnc(OC)nc3)c(N3CCCC(C)(CN)C3)c1-2. The molecular formula is C25H28F2N6O. The number of fused-ring (bicyclic) bond motifs is 3. The van der Waals surface area contributed by atoms with Crippen molar-refractivity contribution in [2.24, 2.45) is 11.1 Å². The Balaban J connectivity index is 1.78. The Morgan fingerprint density at radius 2 is 1.94 bits per heavy atom. The lowest BCUT2D eigenvalue weighted by atomic mass is 9.81. The van der Waals surface area contributed by atoms with Gasteiger partial charge in [-0.05, 0) is 30.4 Å². The number of nitrogens with one attached hydrogen (secondary N) is 1. The van der Waals surface area contributed by atoms with Gasteiger partial charge < -0.3 is 20.7 Å². The number of pyridine rings is 1. The molecule has 3 heterocycles. The van der Waals surface area contributed by atoms with Crippen molar-refractivity contribution >= 4 is 11.4 Å². The van der Waals surface area contributed by atoms with Crippen LogP contribution in [0.1, 0.15) is 31.0 Å². The predicted molar refractivity (Wildman–Crippen MR) is 128 cm³/mol. The highest BCUT2D eigenvalue weighted by Gasteiger charge is 2.37. The molecule has 2 aliphatic rings. The second kappa shape index (κ2) is 8.47. The molecule has 1 fully saturated rings. The fourth-order valence-electron chi connectivity index (χ4n) is 5.21. The quantitative estimate of drug-likeness (QED) is 0.460. The zero-order valence-electron chi connectivity index (χ0n) is 19.6. The van der Waals surface area contributed by atoms with Crippen LogP contribution in [-0.2, 0) is 6.42 Å². The maximum absolute atomic E-state index is 15.4. The highest BCUT2D eigenvalue weighted by atomic mass is 19.2. The number of benzene rings is 1. The maximum Gasteiger partial charge on any atom is 0.316 e. The van der Waals surface area contributed by atoms with Crippen molar-refractivity contribution < 1.29 is 13.5 Å². The third kappa shape index (κ3) is 3.55. The third-order valence-electron chi connectivity index (χ3n) is 7.03. The normalized spacial score (nSPS) is 19.1. The van der Waals surface area contributed by atoms with Gasteiger partial charge in [0.05, 0.1) is 18.5 Å². The van der Waals surface area contributed by atoms with E-state index in [2.05, 4.69) is 27.1 Å². The summed E-state index contributed by atoms with van der Waals surface area (Å²) >= 11 is 0. The van der Waals surface area contributed by atoms with Gasteiger partial charge in [0.2, 0.25) is 0 Å². The largest absolute Gasteiger partial charge is 0.467 e. The minimum Gasteiger partial charge on any atom is -0.467 e. The van der Waals surface area contributed by atoms with Crippen LogP contribution in [0.2, 0.25) is 0 Å². The van der Waals surface area contributed by atoms with Gasteiger partial charge in [0.1, 0.15) is 0 Å². The van der Waals surface area contributed by atoms with Gasteiger partial charge in [0.15, 0.2) is 11.6 Å². The molecule has 0 spiro atoms. The van der Waals surface area contributed by atoms with E-state index in [1.165, 1.54) is 13.2 Å². The molecule has 7 nitrogen and oxygen atoms in total. The minimum absolute atomic E-state index is 0.0832. The summed E-state index contributed by atoms with van der Waals surface area (Å²) in [6.45, 7) is 4.20. The number of halogens is 2. The van der Waals surface area contributed by atoms with E-state index >= 15 is 4.39 Å². The molecule has 1 atom stereocenters. The summed E-state index contributed by atoms with van der Waals surface area (Å²) in [5.74, 6) is -1.73. The zero-order chi connectivity index (χ0) is 24.0. The molecule has 1 saturated heterocycles. The number of aromatic nitrogens is 3. The zero-order valence-corrected chi connectivity index (χ0v) is 19.6. The van der Waals surface area contributed by atoms with E-state index in [4.69, 9.17) is 15.5 Å². The summed E-state index contributed by atoms with van der Waals surface area (Å²) < 4.78 is 35.2. The first-order valence-corrected chi connectivity index (χ1v) is 11.4. The number of nitrogens with zero attached hydrogens (tertiary/aromatic N) is 4. The summed E-state index contributed by atoms with van der Waals surface area (Å²) in [6.07, 6.45) is 7.50. The third-order valence-corrected chi connectivity index (χ3v) is 7.03. The second-order valence-electron chi connectivity index (χ2n) is 9.34. The van der Waals surface area contributed by atoms with E-state index in [9.17, 15) is 4.39 Å². The van der Waals surface area contributed by atoms with Gasteiger partial charge in [0, 0.05) is 79.2 Å². The lowest BCUT2D eigenvalue weighted by Crippen LogP contribution is -2.46. The molecule has 0 amide bonds. The van der Waals surface area contributed by atoms with Crippen molar-refractivity contribution in [1.82, 2.24) is 15.0 Å². The summed E-state index contributed by atoms with van der Waals surface area (Å²) in [6, 6.07) is 1.47. The van der Waals surface area contributed by atoms with Gasteiger partial charge >= 0.3 is 6.01 Å². The smallest absolute Gasteiger partial charge is 0.316 e. The summed E-state index contributed by atoms with van der Waals surface area (Å²) in [7, 11) is 3.22. The predicted octanol–water partition coefficient (Wildman–Crippen LogP) is 4.00. The van der Waals surface area contributed by atoms with Crippen molar-refractivity contribution in [3.63, 3.8) is 0 Å². The molecule has 0 saturated carbocycles. The Bertz CT molecular complexity index is 1250. The van der Waals surface area contributed by atoms with Gasteiger partial charge in [-0.25, -0.2) is 18.7 Å². The Labute approximate surface area is 197 Å². The van der Waals surface area contributed by atoms with Crippen molar-refractivity contribution in [2.45, 2.75) is 26.2 Å². The van der Waals surface area contributed by atoms with Crippen molar-refractivity contribution in [1.29, 1.82) is 0 Å². The van der Waals surface area contributed by atoms with Crippen molar-refractivity contribution in [3.8, 4) is 28.3 Å². The van der Waals surface area contributed by atoms with Crippen LogP contribution < -0.4 is 20.7 Å². The van der Waals surface area contributed by atoms with Gasteiger partial charge in [-0.3, -0.25) is 4.98 Å². The molecule has 0 bridgehead atoms. The number of hydrogen-bond donors (Lipinski definition) is 2. The molecule has 2 aromatic heterocycles. The first-order chi connectivity index (χ1) is 16.4. The van der Waals surface area contributed by atoms with Crippen molar-refractivity contribution in [2.75, 3.05) is 44.0 Å². The van der Waals surface area contributed by atoms with Gasteiger partial charge in [0.25, 0.3) is 0 Å². The molecule has 3 aromatic rings. The van der Waals surface area contributed by atoms with Crippen LogP contribution in [0.3, 0.4) is 0 Å². The Kier molecular flexibility index (Phi) is 5.59. The number of ether oxygens (including phenoxy) is 1. The number of anilines is 2. The Morgan fingerprint density at radius 1 is 1.18 bits per heavy atom. The summed E-state index contributed by atoms with van der Waals surface area (Å²) in [5.41, 5.74) is 11.3. The van der Waals surface area contributed by atoms with Gasteiger partial charge in [-0.2, -0.15) is 0 Å². The van der Waals surface area contributed by atoms with Gasteiger partial charge in [-0.15, -0.1) is 0 Å². The Hall–Kier alpha value is -3.33. The maximum atomic E-state index is 15.4. The molecule has 5 rings (SSSR count). The number of methoxy groups -OCH3 is 1. The number of nitrogens with two attached hydrogens (primary N) is 1. The number of hydrogen-bond acceptors (Lipinski definition) is 7. The molecule has 3 N–H and O–H groups in total. The molecule has 0 radical (unpaired) electrons. The van der Waals surface area contributed by atoms with Crippen LogP contribution in [0.15, 0.2) is 24.7 Å². The second-order valence-corrected chi connectivity index (χ2v) is 9.34. The molecular weight excluding hydrogens is 438 g/mol. The monoisotopic (exact) mass is 466 g/mol. The van der Waals surface area contributed by atoms with Crippen LogP contribution in [-0.4, -0.2) is 48.7 Å². The topological polar surface area (TPSA) is 89.2 Å². The van der Waals surface area contributed by atoms with Crippen LogP contribution >= 0.6 is 0 Å². The van der Waals surface area contributed by atoms with Crippen LogP contribution in [0.25, 0.3) is 22.3 Å². The lowest BCUT2D eigenvalue weighted by Gasteiger charge is -2.42. The average Bonchev–Trinajstić information content (AvgIpc) is 3.25. The lowest BCUT2D eigenvalue weighted by molar-refractivity contribution is 0.272. The van der Waals surface area contributed by atoms with E-state index in [1.54, 1.807) is 25.6 Å². The van der Waals surface area contributed by atoms with Crippen molar-refractivity contribution in [3.05, 3.63) is 47.5 Å². The first kappa shape index (κ1) is 22.5. The molecule has 34 heavy (non-hydrogen) atoms. The molecule has 178 valence electrons. The number of piperidine rings is 1. The minimum atomic E-state index is -0.884. The standard InChI is InChI=1S/C25H28F2N6O/c1-25(12-28)5-4-6-33(13-25)23-16(14-9-31-24(34-3)32-10-14)11-30-19-7-15-18(29-2)8-17(26)22(27)20(15)21(19)23/h8-11,29H,4-7,12-13,28H2,1-3H3. The summed E-state index contributed by atoms with van der Waals surface area (Å²) in [5, 5.41) is 3.01. The van der Waals surface area contributed by atoms with Gasteiger partial charge in [-0.1, -0.05) is 6.92 Å². The Morgan fingerprint density at radius 3 is 2.62 bits per heavy atom. The van der Waals surface area contributed by atoms with E-state index in [0.717, 1.165) is 41.9 Å². The molecule has 1 aliphatic carbocycles. The highest BCUT2D eigenvalue weighted by molar-refractivity contribution is 5.96. The van der Waals surface area contributed by atoms with E-state index in [0.29, 0.717) is 36.3 Å². The fraction of sp³-hybridized carbons (Fsp3) is 0.400. The van der Waals surface area contributed by atoms with Crippen LogP contribution in [0.4, 0.5) is 20.2 Å². The van der Waals surface area contributed by atoms with E-state index in [-0.39, 0.29) is 17.0 Å². The molecule has 1 unspecified atom stereocenters. The first-order valence-electron chi connectivity index (χ1n) is 11.4.